The molecule has 0 N–H and O–H groups in total. The first kappa shape index (κ1) is 15.3. The van der Waals surface area contributed by atoms with Gasteiger partial charge in [0.15, 0.2) is 0 Å². The maximum Gasteiger partial charge on any atom is 0.234 e. The van der Waals surface area contributed by atoms with Gasteiger partial charge in [0.25, 0.3) is 0 Å². The van der Waals surface area contributed by atoms with Gasteiger partial charge in [0.05, 0.1) is 12.8 Å². The summed E-state index contributed by atoms with van der Waals surface area (Å²) in [5, 5.41) is 0. The van der Waals surface area contributed by atoms with Gasteiger partial charge in [-0.15, -0.1) is 0 Å². The van der Waals surface area contributed by atoms with E-state index in [1.54, 1.807) is 7.11 Å². The van der Waals surface area contributed by atoms with Crippen molar-refractivity contribution in [1.82, 2.24) is 0 Å². The van der Waals surface area contributed by atoms with Gasteiger partial charge in [-0.2, -0.15) is 0 Å². The molecule has 1 aliphatic heterocycles. The van der Waals surface area contributed by atoms with Crippen LogP contribution in [0.1, 0.15) is 29.9 Å². The van der Waals surface area contributed by atoms with E-state index in [2.05, 4.69) is 0 Å². The third-order valence-electron chi connectivity index (χ3n) is 4.22. The standard InChI is InChI=1S/C19H19NO3/c1-13-3-7-16(8-4-13)20-18(21)11-15(12-19(20)22)14-5-9-17(23-2)10-6-14/h3-10,15H,11-12H2,1-2H3. The topological polar surface area (TPSA) is 46.6 Å². The molecular formula is C19H19NO3. The molecule has 118 valence electrons. The van der Waals surface area contributed by atoms with Crippen LogP contribution in [0.15, 0.2) is 48.5 Å². The van der Waals surface area contributed by atoms with Crippen molar-refractivity contribution in [3.05, 3.63) is 59.7 Å². The molecule has 23 heavy (non-hydrogen) atoms. The molecule has 0 spiro atoms. The molecule has 2 aromatic rings. The van der Waals surface area contributed by atoms with Crippen molar-refractivity contribution in [1.29, 1.82) is 0 Å². The molecule has 0 bridgehead atoms. The Labute approximate surface area is 135 Å². The molecule has 3 rings (SSSR count). The minimum atomic E-state index is -0.147. The molecule has 1 aliphatic rings. The fourth-order valence-electron chi connectivity index (χ4n) is 2.91. The number of ether oxygens (including phenoxy) is 1. The van der Waals surface area contributed by atoms with Gasteiger partial charge in [0.2, 0.25) is 11.8 Å². The second-order valence-electron chi connectivity index (χ2n) is 5.84. The number of nitrogens with zero attached hydrogens (tertiary/aromatic N) is 1. The molecule has 2 amide bonds. The zero-order valence-electron chi connectivity index (χ0n) is 13.3. The fraction of sp³-hybridized carbons (Fsp3) is 0.263. The summed E-state index contributed by atoms with van der Waals surface area (Å²) in [6.45, 7) is 1.98. The summed E-state index contributed by atoms with van der Waals surface area (Å²) in [6.07, 6.45) is 0.678. The van der Waals surface area contributed by atoms with E-state index >= 15 is 0 Å². The van der Waals surface area contributed by atoms with E-state index in [1.807, 2.05) is 55.5 Å². The third-order valence-corrected chi connectivity index (χ3v) is 4.22. The van der Waals surface area contributed by atoms with Crippen LogP contribution >= 0.6 is 0 Å². The molecule has 0 aromatic heterocycles. The lowest BCUT2D eigenvalue weighted by atomic mass is 9.88. The molecule has 1 saturated heterocycles. The predicted octanol–water partition coefficient (Wildman–Crippen LogP) is 3.44. The van der Waals surface area contributed by atoms with Crippen molar-refractivity contribution in [2.24, 2.45) is 0 Å². The van der Waals surface area contributed by atoms with Crippen LogP contribution in [0.4, 0.5) is 5.69 Å². The Morgan fingerprint density at radius 3 is 2.00 bits per heavy atom. The zero-order valence-corrected chi connectivity index (χ0v) is 13.3. The van der Waals surface area contributed by atoms with Gasteiger partial charge < -0.3 is 4.74 Å². The number of anilines is 1. The monoisotopic (exact) mass is 309 g/mol. The van der Waals surface area contributed by atoms with Crippen molar-refractivity contribution >= 4 is 17.5 Å². The number of carbonyl (C=O) groups excluding carboxylic acids is 2. The van der Waals surface area contributed by atoms with Gasteiger partial charge in [-0.3, -0.25) is 14.5 Å². The first-order chi connectivity index (χ1) is 11.1. The number of piperidine rings is 1. The Bertz CT molecular complexity index is 701. The van der Waals surface area contributed by atoms with E-state index in [9.17, 15) is 9.59 Å². The van der Waals surface area contributed by atoms with Gasteiger partial charge in [-0.1, -0.05) is 29.8 Å². The molecule has 1 fully saturated rings. The normalized spacial score (nSPS) is 15.8. The number of methoxy groups -OCH3 is 1. The van der Waals surface area contributed by atoms with Gasteiger partial charge in [-0.05, 0) is 36.8 Å². The van der Waals surface area contributed by atoms with E-state index < -0.39 is 0 Å². The van der Waals surface area contributed by atoms with Crippen LogP contribution < -0.4 is 9.64 Å². The molecule has 0 radical (unpaired) electrons. The van der Waals surface area contributed by atoms with Crippen LogP contribution in [0, 0.1) is 6.92 Å². The van der Waals surface area contributed by atoms with Crippen molar-refractivity contribution in [2.45, 2.75) is 25.7 Å². The summed E-state index contributed by atoms with van der Waals surface area (Å²) in [4.78, 5) is 26.3. The number of imide groups is 1. The van der Waals surface area contributed by atoms with E-state index in [1.165, 1.54) is 4.90 Å². The second kappa shape index (κ2) is 6.24. The van der Waals surface area contributed by atoms with Gasteiger partial charge in [0, 0.05) is 18.8 Å². The smallest absolute Gasteiger partial charge is 0.234 e. The molecule has 1 heterocycles. The number of benzene rings is 2. The summed E-state index contributed by atoms with van der Waals surface area (Å²) >= 11 is 0. The predicted molar refractivity (Wildman–Crippen MR) is 88.6 cm³/mol. The molecule has 0 aliphatic carbocycles. The molecule has 4 nitrogen and oxygen atoms in total. The van der Waals surface area contributed by atoms with Crippen molar-refractivity contribution < 1.29 is 14.3 Å². The maximum atomic E-state index is 12.5. The van der Waals surface area contributed by atoms with Crippen LogP contribution in [-0.4, -0.2) is 18.9 Å². The van der Waals surface area contributed by atoms with E-state index in [0.717, 1.165) is 16.9 Å². The molecular weight excluding hydrogens is 290 g/mol. The van der Waals surface area contributed by atoms with Crippen LogP contribution in [0.5, 0.6) is 5.75 Å². The summed E-state index contributed by atoms with van der Waals surface area (Å²) in [6, 6.07) is 15.0. The van der Waals surface area contributed by atoms with Crippen LogP contribution in [0.25, 0.3) is 0 Å². The zero-order chi connectivity index (χ0) is 16.4. The van der Waals surface area contributed by atoms with E-state index in [-0.39, 0.29) is 17.7 Å². The van der Waals surface area contributed by atoms with E-state index in [0.29, 0.717) is 18.5 Å². The maximum absolute atomic E-state index is 12.5. The molecule has 2 aromatic carbocycles. The number of amides is 2. The molecule has 0 unspecified atom stereocenters. The summed E-state index contributed by atoms with van der Waals surface area (Å²) < 4.78 is 5.14. The van der Waals surface area contributed by atoms with Crippen LogP contribution in [0.2, 0.25) is 0 Å². The van der Waals surface area contributed by atoms with Crippen LogP contribution in [0.3, 0.4) is 0 Å². The Kier molecular flexibility index (Phi) is 4.15. The quantitative estimate of drug-likeness (QED) is 0.816. The average molecular weight is 309 g/mol. The van der Waals surface area contributed by atoms with Gasteiger partial charge in [0.1, 0.15) is 5.75 Å². The molecule has 0 atom stereocenters. The highest BCUT2D eigenvalue weighted by atomic mass is 16.5. The Hall–Kier alpha value is -2.62. The molecule has 4 heteroatoms. The number of rotatable bonds is 3. The number of carbonyl (C=O) groups is 2. The minimum Gasteiger partial charge on any atom is -0.497 e. The van der Waals surface area contributed by atoms with E-state index in [4.69, 9.17) is 4.74 Å². The highest BCUT2D eigenvalue weighted by Gasteiger charge is 2.34. The summed E-state index contributed by atoms with van der Waals surface area (Å²) in [5.74, 6) is 0.406. The first-order valence-electron chi connectivity index (χ1n) is 7.65. The van der Waals surface area contributed by atoms with Gasteiger partial charge in [-0.25, -0.2) is 0 Å². The fourth-order valence-corrected chi connectivity index (χ4v) is 2.91. The molecule has 0 saturated carbocycles. The van der Waals surface area contributed by atoms with Crippen molar-refractivity contribution in [3.8, 4) is 5.75 Å². The number of hydrogen-bond acceptors (Lipinski definition) is 3. The Morgan fingerprint density at radius 2 is 1.48 bits per heavy atom. The third kappa shape index (κ3) is 3.11. The lowest BCUT2D eigenvalue weighted by Gasteiger charge is -2.30. The number of hydrogen-bond donors (Lipinski definition) is 0. The van der Waals surface area contributed by atoms with Gasteiger partial charge >= 0.3 is 0 Å². The largest absolute Gasteiger partial charge is 0.497 e. The number of aryl methyl sites for hydroxylation is 1. The second-order valence-corrected chi connectivity index (χ2v) is 5.84. The summed E-state index contributed by atoms with van der Waals surface area (Å²) in [5.41, 5.74) is 2.75. The SMILES string of the molecule is COc1ccc(C2CC(=O)N(c3ccc(C)cc3)C(=O)C2)cc1. The van der Waals surface area contributed by atoms with Crippen LogP contribution in [-0.2, 0) is 9.59 Å². The first-order valence-corrected chi connectivity index (χ1v) is 7.65. The lowest BCUT2D eigenvalue weighted by Crippen LogP contribution is -2.42. The Morgan fingerprint density at radius 1 is 0.913 bits per heavy atom. The Balaban J connectivity index is 1.80. The summed E-state index contributed by atoms with van der Waals surface area (Å²) in [7, 11) is 1.61. The minimum absolute atomic E-state index is 0.0670. The lowest BCUT2D eigenvalue weighted by molar-refractivity contribution is -0.129. The van der Waals surface area contributed by atoms with Crippen molar-refractivity contribution in [2.75, 3.05) is 12.0 Å². The average Bonchev–Trinajstić information content (AvgIpc) is 2.56. The highest BCUT2D eigenvalue weighted by molar-refractivity contribution is 6.17. The highest BCUT2D eigenvalue weighted by Crippen LogP contribution is 2.32. The van der Waals surface area contributed by atoms with Crippen molar-refractivity contribution in [3.63, 3.8) is 0 Å².